The zero-order chi connectivity index (χ0) is 13.0. The summed E-state index contributed by atoms with van der Waals surface area (Å²) in [5, 5.41) is 6.04. The molecule has 0 aromatic heterocycles. The van der Waals surface area contributed by atoms with Gasteiger partial charge in [-0.1, -0.05) is 6.92 Å². The van der Waals surface area contributed by atoms with E-state index in [4.69, 9.17) is 4.74 Å². The Labute approximate surface area is 107 Å². The summed E-state index contributed by atoms with van der Waals surface area (Å²) in [7, 11) is 0. The molecule has 2 N–H and O–H groups in total. The summed E-state index contributed by atoms with van der Waals surface area (Å²) in [5.74, 6) is -0.189. The van der Waals surface area contributed by atoms with Crippen molar-refractivity contribution in [3.63, 3.8) is 0 Å². The minimum absolute atomic E-state index is 0.0375. The standard InChI is InChI=1S/C12H21N3O3/c1-2-13-10-8-18-7-9(10)12(17)15-5-3-4-14-11(16)6-15/h9-10,13H,2-8H2,1H3,(H,14,16). The highest BCUT2D eigenvalue weighted by molar-refractivity contribution is 5.86. The van der Waals surface area contributed by atoms with E-state index in [0.717, 1.165) is 13.0 Å². The molecule has 0 radical (unpaired) electrons. The molecule has 0 bridgehead atoms. The van der Waals surface area contributed by atoms with Gasteiger partial charge in [0.15, 0.2) is 0 Å². The average molecular weight is 255 g/mol. The zero-order valence-electron chi connectivity index (χ0n) is 10.8. The Bertz CT molecular complexity index is 322. The molecule has 102 valence electrons. The van der Waals surface area contributed by atoms with Crippen molar-refractivity contribution in [2.75, 3.05) is 39.4 Å². The number of carbonyl (C=O) groups is 2. The van der Waals surface area contributed by atoms with Crippen molar-refractivity contribution in [1.82, 2.24) is 15.5 Å². The second-order valence-corrected chi connectivity index (χ2v) is 4.77. The molecule has 2 saturated heterocycles. The predicted octanol–water partition coefficient (Wildman–Crippen LogP) is -1.04. The molecule has 18 heavy (non-hydrogen) atoms. The second kappa shape index (κ2) is 6.15. The maximum Gasteiger partial charge on any atom is 0.239 e. The van der Waals surface area contributed by atoms with E-state index in [1.807, 2.05) is 6.92 Å². The quantitative estimate of drug-likeness (QED) is 0.676. The second-order valence-electron chi connectivity index (χ2n) is 4.77. The van der Waals surface area contributed by atoms with Gasteiger partial charge in [-0.2, -0.15) is 0 Å². The molecule has 2 unspecified atom stereocenters. The maximum atomic E-state index is 12.4. The van der Waals surface area contributed by atoms with Gasteiger partial charge in [-0.3, -0.25) is 9.59 Å². The normalized spacial score (nSPS) is 28.9. The van der Waals surface area contributed by atoms with Crippen molar-refractivity contribution in [2.24, 2.45) is 5.92 Å². The predicted molar refractivity (Wildman–Crippen MR) is 66.0 cm³/mol. The molecule has 2 heterocycles. The Morgan fingerprint density at radius 2 is 2.39 bits per heavy atom. The van der Waals surface area contributed by atoms with Crippen molar-refractivity contribution in [3.8, 4) is 0 Å². The summed E-state index contributed by atoms with van der Waals surface area (Å²) in [5.41, 5.74) is 0. The van der Waals surface area contributed by atoms with Crippen LogP contribution in [0.25, 0.3) is 0 Å². The molecule has 0 aromatic rings. The van der Waals surface area contributed by atoms with Gasteiger partial charge in [0, 0.05) is 19.1 Å². The Morgan fingerprint density at radius 1 is 1.56 bits per heavy atom. The highest BCUT2D eigenvalue weighted by Crippen LogP contribution is 2.17. The number of amides is 2. The zero-order valence-corrected chi connectivity index (χ0v) is 10.8. The third-order valence-corrected chi connectivity index (χ3v) is 3.44. The maximum absolute atomic E-state index is 12.4. The molecular formula is C12H21N3O3. The topological polar surface area (TPSA) is 70.7 Å². The number of hydrogen-bond acceptors (Lipinski definition) is 4. The van der Waals surface area contributed by atoms with Gasteiger partial charge in [-0.25, -0.2) is 0 Å². The molecule has 6 nitrogen and oxygen atoms in total. The van der Waals surface area contributed by atoms with E-state index in [2.05, 4.69) is 10.6 Å². The van der Waals surface area contributed by atoms with E-state index < -0.39 is 0 Å². The number of rotatable bonds is 3. The van der Waals surface area contributed by atoms with E-state index in [1.165, 1.54) is 0 Å². The third kappa shape index (κ3) is 3.00. The van der Waals surface area contributed by atoms with Gasteiger partial charge in [0.25, 0.3) is 0 Å². The van der Waals surface area contributed by atoms with Gasteiger partial charge < -0.3 is 20.3 Å². The van der Waals surface area contributed by atoms with Crippen LogP contribution in [-0.2, 0) is 14.3 Å². The van der Waals surface area contributed by atoms with Crippen molar-refractivity contribution in [2.45, 2.75) is 19.4 Å². The van der Waals surface area contributed by atoms with Crippen LogP contribution in [0, 0.1) is 5.92 Å². The van der Waals surface area contributed by atoms with Crippen LogP contribution in [0.1, 0.15) is 13.3 Å². The summed E-state index contributed by atoms with van der Waals surface area (Å²) in [6, 6.07) is 0.0776. The monoisotopic (exact) mass is 255 g/mol. The number of nitrogens with one attached hydrogen (secondary N) is 2. The van der Waals surface area contributed by atoms with Gasteiger partial charge in [0.2, 0.25) is 11.8 Å². The molecular weight excluding hydrogens is 234 g/mol. The lowest BCUT2D eigenvalue weighted by atomic mass is 10.0. The molecule has 6 heteroatoms. The van der Waals surface area contributed by atoms with E-state index in [-0.39, 0.29) is 30.3 Å². The van der Waals surface area contributed by atoms with Gasteiger partial charge in [-0.15, -0.1) is 0 Å². The molecule has 2 aliphatic rings. The largest absolute Gasteiger partial charge is 0.379 e. The van der Waals surface area contributed by atoms with Crippen LogP contribution in [0.2, 0.25) is 0 Å². The van der Waals surface area contributed by atoms with E-state index >= 15 is 0 Å². The Balaban J connectivity index is 1.98. The molecule has 2 atom stereocenters. The van der Waals surface area contributed by atoms with E-state index in [9.17, 15) is 9.59 Å². The summed E-state index contributed by atoms with van der Waals surface area (Å²) < 4.78 is 5.38. The van der Waals surface area contributed by atoms with Crippen LogP contribution < -0.4 is 10.6 Å². The van der Waals surface area contributed by atoms with E-state index in [1.54, 1.807) is 4.90 Å². The number of nitrogens with zero attached hydrogens (tertiary/aromatic N) is 1. The fraction of sp³-hybridized carbons (Fsp3) is 0.833. The minimum Gasteiger partial charge on any atom is -0.379 e. The molecule has 0 spiro atoms. The van der Waals surface area contributed by atoms with Crippen LogP contribution in [0.3, 0.4) is 0 Å². The highest BCUT2D eigenvalue weighted by Gasteiger charge is 2.36. The fourth-order valence-electron chi connectivity index (χ4n) is 2.49. The van der Waals surface area contributed by atoms with Gasteiger partial charge in [0.05, 0.1) is 25.7 Å². The molecule has 0 aliphatic carbocycles. The first-order valence-corrected chi connectivity index (χ1v) is 6.59. The van der Waals surface area contributed by atoms with Crippen molar-refractivity contribution in [3.05, 3.63) is 0 Å². The van der Waals surface area contributed by atoms with E-state index in [0.29, 0.717) is 26.3 Å². The molecule has 2 fully saturated rings. The minimum atomic E-state index is -0.157. The summed E-state index contributed by atoms with van der Waals surface area (Å²) >= 11 is 0. The lowest BCUT2D eigenvalue weighted by Gasteiger charge is -2.25. The van der Waals surface area contributed by atoms with Crippen LogP contribution >= 0.6 is 0 Å². The van der Waals surface area contributed by atoms with Gasteiger partial charge >= 0.3 is 0 Å². The number of carbonyl (C=O) groups excluding carboxylic acids is 2. The first-order valence-electron chi connectivity index (χ1n) is 6.59. The Kier molecular flexibility index (Phi) is 4.54. The summed E-state index contributed by atoms with van der Waals surface area (Å²) in [6.07, 6.45) is 0.816. The lowest BCUT2D eigenvalue weighted by molar-refractivity contribution is -0.139. The first-order chi connectivity index (χ1) is 8.72. The fourth-order valence-corrected chi connectivity index (χ4v) is 2.49. The molecule has 0 aromatic carbocycles. The van der Waals surface area contributed by atoms with Crippen LogP contribution in [0.4, 0.5) is 0 Å². The Hall–Kier alpha value is -1.14. The highest BCUT2D eigenvalue weighted by atomic mass is 16.5. The van der Waals surface area contributed by atoms with Crippen molar-refractivity contribution in [1.29, 1.82) is 0 Å². The van der Waals surface area contributed by atoms with Crippen LogP contribution in [-0.4, -0.2) is 62.1 Å². The van der Waals surface area contributed by atoms with Crippen LogP contribution in [0.15, 0.2) is 0 Å². The summed E-state index contributed by atoms with van der Waals surface area (Å²) in [4.78, 5) is 25.5. The van der Waals surface area contributed by atoms with Crippen molar-refractivity contribution < 1.29 is 14.3 Å². The van der Waals surface area contributed by atoms with Gasteiger partial charge in [0.1, 0.15) is 0 Å². The molecule has 2 amide bonds. The van der Waals surface area contributed by atoms with Crippen molar-refractivity contribution >= 4 is 11.8 Å². The molecule has 0 saturated carbocycles. The number of likely N-dealkylation sites (N-methyl/N-ethyl adjacent to an activating group) is 1. The Morgan fingerprint density at radius 3 is 3.17 bits per heavy atom. The molecule has 2 rings (SSSR count). The first kappa shape index (κ1) is 13.3. The molecule has 2 aliphatic heterocycles. The SMILES string of the molecule is CCNC1COCC1C(=O)N1CCCNC(=O)C1. The lowest BCUT2D eigenvalue weighted by Crippen LogP contribution is -2.47. The van der Waals surface area contributed by atoms with Crippen LogP contribution in [0.5, 0.6) is 0 Å². The summed E-state index contributed by atoms with van der Waals surface area (Å²) in [6.45, 7) is 5.33. The smallest absolute Gasteiger partial charge is 0.239 e. The number of ether oxygens (including phenoxy) is 1. The average Bonchev–Trinajstić information content (AvgIpc) is 2.70. The third-order valence-electron chi connectivity index (χ3n) is 3.44. The number of hydrogen-bond donors (Lipinski definition) is 2. The van der Waals surface area contributed by atoms with Gasteiger partial charge in [-0.05, 0) is 13.0 Å².